The van der Waals surface area contributed by atoms with Crippen LogP contribution in [0, 0.1) is 0 Å². The van der Waals surface area contributed by atoms with Crippen molar-refractivity contribution in [3.8, 4) is 22.6 Å². The Hall–Kier alpha value is -3.51. The van der Waals surface area contributed by atoms with Crippen LogP contribution >= 0.6 is 0 Å². The van der Waals surface area contributed by atoms with Crippen LogP contribution < -0.4 is 20.5 Å². The number of carbonyl (C=O) groups is 1. The molecule has 2 aliphatic heterocycles. The highest BCUT2D eigenvalue weighted by atomic mass is 16.6. The summed E-state index contributed by atoms with van der Waals surface area (Å²) in [5, 5.41) is 2.52. The van der Waals surface area contributed by atoms with E-state index >= 15 is 0 Å². The van der Waals surface area contributed by atoms with E-state index in [1.807, 2.05) is 60.7 Å². The highest BCUT2D eigenvalue weighted by Crippen LogP contribution is 2.31. The number of anilines is 1. The minimum Gasteiger partial charge on any atom is -0.486 e. The van der Waals surface area contributed by atoms with Crippen molar-refractivity contribution < 1.29 is 14.3 Å². The second-order valence-electron chi connectivity index (χ2n) is 8.56. The molecule has 0 atom stereocenters. The van der Waals surface area contributed by atoms with Crippen LogP contribution in [0.5, 0.6) is 11.5 Å². The van der Waals surface area contributed by atoms with Gasteiger partial charge in [-0.1, -0.05) is 48.5 Å². The molecule has 2 aliphatic rings. The normalized spacial score (nSPS) is 14.7. The third-order valence-corrected chi connectivity index (χ3v) is 6.00. The number of primary amides is 1. The minimum atomic E-state index is -0.549. The molecule has 0 spiro atoms. The van der Waals surface area contributed by atoms with E-state index in [-0.39, 0.29) is 0 Å². The Bertz CT molecular complexity index is 1050. The van der Waals surface area contributed by atoms with Crippen LogP contribution in [0.2, 0.25) is 0 Å². The number of hydrogen-bond donors (Lipinski definition) is 2. The number of nitrogens with zero attached hydrogens (tertiary/aromatic N) is 1. The first kappa shape index (κ1) is 23.6. The van der Waals surface area contributed by atoms with Crippen molar-refractivity contribution >= 4 is 11.7 Å². The number of aryl methyl sites for hydroxylation is 1. The molecule has 1 saturated heterocycles. The lowest BCUT2D eigenvalue weighted by atomic mass is 10.1. The van der Waals surface area contributed by atoms with Crippen LogP contribution in [0.3, 0.4) is 0 Å². The maximum absolute atomic E-state index is 10.6. The number of nitrogens with two attached hydrogens (primary N) is 1. The highest BCUT2D eigenvalue weighted by molar-refractivity contribution is 5.88. The molecule has 0 unspecified atom stereocenters. The van der Waals surface area contributed by atoms with E-state index < -0.39 is 6.03 Å². The molecule has 5 rings (SSSR count). The summed E-state index contributed by atoms with van der Waals surface area (Å²) in [6, 6.07) is 23.4. The van der Waals surface area contributed by atoms with Gasteiger partial charge in [0.1, 0.15) is 13.2 Å². The van der Waals surface area contributed by atoms with Crippen LogP contribution in [0.25, 0.3) is 11.1 Å². The lowest BCUT2D eigenvalue weighted by Gasteiger charge is -2.19. The molecule has 0 bridgehead atoms. The smallest absolute Gasteiger partial charge is 0.316 e. The Balaban J connectivity index is 0.000000162. The molecule has 0 aliphatic carbocycles. The average molecular weight is 460 g/mol. The molecule has 0 saturated carbocycles. The van der Waals surface area contributed by atoms with Gasteiger partial charge in [0.25, 0.3) is 0 Å². The quantitative estimate of drug-likeness (QED) is 0.522. The third kappa shape index (κ3) is 6.99. The van der Waals surface area contributed by atoms with Gasteiger partial charge >= 0.3 is 6.03 Å². The summed E-state index contributed by atoms with van der Waals surface area (Å²) in [5.41, 5.74) is 9.34. The number of benzene rings is 3. The van der Waals surface area contributed by atoms with Gasteiger partial charge < -0.3 is 25.4 Å². The molecule has 34 heavy (non-hydrogen) atoms. The van der Waals surface area contributed by atoms with E-state index in [0.29, 0.717) is 18.9 Å². The number of rotatable bonds is 6. The molecule has 3 aromatic rings. The van der Waals surface area contributed by atoms with Crippen LogP contribution in [-0.4, -0.2) is 43.8 Å². The van der Waals surface area contributed by atoms with Gasteiger partial charge in [0.05, 0.1) is 0 Å². The monoisotopic (exact) mass is 459 g/mol. The summed E-state index contributed by atoms with van der Waals surface area (Å²) in [7, 11) is 0. The zero-order valence-corrected chi connectivity index (χ0v) is 19.5. The predicted molar refractivity (Wildman–Crippen MR) is 137 cm³/mol. The SMILES string of the molecule is NC(=O)Nc1ccc(-c2ccccc2)cc1.c1cc2c(cc1CCCN1CCCC1)OCCO2. The Morgan fingerprint density at radius 3 is 2.24 bits per heavy atom. The number of likely N-dealkylation sites (tertiary alicyclic amines) is 1. The van der Waals surface area contributed by atoms with Crippen molar-refractivity contribution in [1.29, 1.82) is 0 Å². The fourth-order valence-corrected chi connectivity index (χ4v) is 4.28. The maximum Gasteiger partial charge on any atom is 0.316 e. The molecule has 0 radical (unpaired) electrons. The first-order valence-corrected chi connectivity index (χ1v) is 12.0. The van der Waals surface area contributed by atoms with Gasteiger partial charge in [-0.2, -0.15) is 0 Å². The third-order valence-electron chi connectivity index (χ3n) is 6.00. The van der Waals surface area contributed by atoms with Crippen LogP contribution in [-0.2, 0) is 6.42 Å². The Labute approximate surface area is 201 Å². The van der Waals surface area contributed by atoms with Gasteiger partial charge in [-0.15, -0.1) is 0 Å². The minimum absolute atomic E-state index is 0.549. The number of urea groups is 1. The molecule has 2 amide bonds. The molecule has 1 fully saturated rings. The van der Waals surface area contributed by atoms with Crippen LogP contribution in [0.4, 0.5) is 10.5 Å². The largest absolute Gasteiger partial charge is 0.486 e. The van der Waals surface area contributed by atoms with Gasteiger partial charge in [0.2, 0.25) is 0 Å². The van der Waals surface area contributed by atoms with Gasteiger partial charge in [-0.3, -0.25) is 0 Å². The Kier molecular flexibility index (Phi) is 8.41. The number of ether oxygens (including phenoxy) is 2. The predicted octanol–water partition coefficient (Wildman–Crippen LogP) is 5.33. The van der Waals surface area contributed by atoms with E-state index in [9.17, 15) is 4.79 Å². The fraction of sp³-hybridized carbons (Fsp3) is 0.321. The molecule has 2 heterocycles. The molecule has 178 valence electrons. The van der Waals surface area contributed by atoms with Crippen LogP contribution in [0.15, 0.2) is 72.8 Å². The first-order valence-electron chi connectivity index (χ1n) is 12.0. The molecule has 0 aromatic heterocycles. The first-order chi connectivity index (χ1) is 16.7. The van der Waals surface area contributed by atoms with E-state index in [4.69, 9.17) is 15.2 Å². The number of nitrogens with one attached hydrogen (secondary N) is 1. The lowest BCUT2D eigenvalue weighted by Crippen LogP contribution is -2.20. The van der Waals surface area contributed by atoms with Crippen molar-refractivity contribution in [1.82, 2.24) is 4.90 Å². The summed E-state index contributed by atoms with van der Waals surface area (Å²) >= 11 is 0. The van der Waals surface area contributed by atoms with Crippen molar-refractivity contribution in [3.63, 3.8) is 0 Å². The fourth-order valence-electron chi connectivity index (χ4n) is 4.28. The van der Waals surface area contributed by atoms with E-state index in [1.54, 1.807) is 0 Å². The van der Waals surface area contributed by atoms with Gasteiger partial charge in [-0.25, -0.2) is 4.79 Å². The second kappa shape index (κ2) is 12.1. The maximum atomic E-state index is 10.6. The molecule has 3 N–H and O–H groups in total. The highest BCUT2D eigenvalue weighted by Gasteiger charge is 2.13. The second-order valence-corrected chi connectivity index (χ2v) is 8.56. The lowest BCUT2D eigenvalue weighted by molar-refractivity contribution is 0.171. The van der Waals surface area contributed by atoms with Gasteiger partial charge in [0, 0.05) is 5.69 Å². The summed E-state index contributed by atoms with van der Waals surface area (Å²) in [6.45, 7) is 5.16. The molecular formula is C28H33N3O3. The number of carbonyl (C=O) groups excluding carboxylic acids is 1. The van der Waals surface area contributed by atoms with E-state index in [1.165, 1.54) is 44.5 Å². The number of fused-ring (bicyclic) bond motifs is 1. The Morgan fingerprint density at radius 2 is 1.53 bits per heavy atom. The molecule has 6 heteroatoms. The summed E-state index contributed by atoms with van der Waals surface area (Å²) < 4.78 is 11.1. The van der Waals surface area contributed by atoms with E-state index in [2.05, 4.69) is 22.3 Å². The number of hydrogen-bond acceptors (Lipinski definition) is 4. The summed E-state index contributed by atoms with van der Waals surface area (Å²) in [6.07, 6.45) is 5.13. The van der Waals surface area contributed by atoms with Crippen LogP contribution in [0.1, 0.15) is 24.8 Å². The zero-order valence-electron chi connectivity index (χ0n) is 19.5. The zero-order chi connectivity index (χ0) is 23.6. The summed E-state index contributed by atoms with van der Waals surface area (Å²) in [5.74, 6) is 1.81. The number of amides is 2. The van der Waals surface area contributed by atoms with Crippen molar-refractivity contribution in [2.45, 2.75) is 25.7 Å². The summed E-state index contributed by atoms with van der Waals surface area (Å²) in [4.78, 5) is 13.2. The van der Waals surface area contributed by atoms with Gasteiger partial charge in [0.15, 0.2) is 11.5 Å². The van der Waals surface area contributed by atoms with Crippen molar-refractivity contribution in [2.75, 3.05) is 38.2 Å². The molecule has 3 aromatic carbocycles. The topological polar surface area (TPSA) is 76.8 Å². The average Bonchev–Trinajstić information content (AvgIpc) is 3.39. The van der Waals surface area contributed by atoms with Gasteiger partial charge in [-0.05, 0) is 86.3 Å². The van der Waals surface area contributed by atoms with Crippen molar-refractivity contribution in [2.24, 2.45) is 5.73 Å². The standard InChI is InChI=1S/C15H21NO2.C13H12N2O/c1-2-8-16(7-1)9-3-4-13-5-6-14-15(12-13)18-11-10-17-14;14-13(16)15-12-8-6-11(7-9-12)10-4-2-1-3-5-10/h5-6,12H,1-4,7-11H2;1-9H,(H3,14,15,16). The Morgan fingerprint density at radius 1 is 0.853 bits per heavy atom. The molecule has 6 nitrogen and oxygen atoms in total. The van der Waals surface area contributed by atoms with E-state index in [0.717, 1.165) is 29.0 Å². The van der Waals surface area contributed by atoms with Crippen molar-refractivity contribution in [3.05, 3.63) is 78.4 Å². The molecular weight excluding hydrogens is 426 g/mol.